The molecule has 0 aliphatic heterocycles. The average molecular weight is 254 g/mol. The molecule has 0 bridgehead atoms. The number of hydrogen-bond acceptors (Lipinski definition) is 4. The Morgan fingerprint density at radius 2 is 2.06 bits per heavy atom. The van der Waals surface area contributed by atoms with Crippen molar-refractivity contribution >= 4 is 5.82 Å². The first-order valence-corrected chi connectivity index (χ1v) is 4.93. The Morgan fingerprint density at radius 3 is 2.72 bits per heavy atom. The summed E-state index contributed by atoms with van der Waals surface area (Å²) in [5.41, 5.74) is -1.29. The van der Waals surface area contributed by atoms with Crippen molar-refractivity contribution in [2.45, 2.75) is 6.54 Å². The number of halogens is 2. The summed E-state index contributed by atoms with van der Waals surface area (Å²) in [6.07, 6.45) is 0. The van der Waals surface area contributed by atoms with E-state index in [0.717, 1.165) is 12.1 Å². The number of benzene rings is 1. The van der Waals surface area contributed by atoms with Gasteiger partial charge in [0.25, 0.3) is 5.56 Å². The second-order valence-electron chi connectivity index (χ2n) is 3.44. The topological polar surface area (TPSA) is 90.6 Å². The predicted octanol–water partition coefficient (Wildman–Crippen LogP) is 0.348. The first-order valence-electron chi connectivity index (χ1n) is 4.93. The lowest BCUT2D eigenvalue weighted by Crippen LogP contribution is -2.26. The van der Waals surface area contributed by atoms with Gasteiger partial charge in [-0.05, 0) is 6.07 Å². The second-order valence-corrected chi connectivity index (χ2v) is 3.44. The maximum atomic E-state index is 13.3. The third-order valence-corrected chi connectivity index (χ3v) is 2.17. The van der Waals surface area contributed by atoms with Gasteiger partial charge < -0.3 is 5.32 Å². The summed E-state index contributed by atoms with van der Waals surface area (Å²) in [4.78, 5) is 23.9. The molecule has 0 fully saturated rings. The molecule has 0 saturated carbocycles. The van der Waals surface area contributed by atoms with Gasteiger partial charge in [-0.25, -0.2) is 18.7 Å². The number of anilines is 1. The Bertz CT molecular complexity index is 680. The molecule has 94 valence electrons. The zero-order valence-electron chi connectivity index (χ0n) is 8.96. The third-order valence-electron chi connectivity index (χ3n) is 2.17. The fourth-order valence-electron chi connectivity index (χ4n) is 1.31. The molecule has 18 heavy (non-hydrogen) atoms. The zero-order chi connectivity index (χ0) is 13.1. The van der Waals surface area contributed by atoms with Crippen LogP contribution in [0.3, 0.4) is 0 Å². The smallest absolute Gasteiger partial charge is 0.342 e. The van der Waals surface area contributed by atoms with Crippen LogP contribution in [-0.2, 0) is 6.54 Å². The van der Waals surface area contributed by atoms with Crippen LogP contribution < -0.4 is 16.6 Å². The van der Waals surface area contributed by atoms with Gasteiger partial charge in [0.2, 0.25) is 5.82 Å². The molecule has 6 nitrogen and oxygen atoms in total. The van der Waals surface area contributed by atoms with Gasteiger partial charge in [0, 0.05) is 18.2 Å². The molecule has 0 aliphatic rings. The zero-order valence-corrected chi connectivity index (χ0v) is 8.96. The molecule has 0 atom stereocenters. The van der Waals surface area contributed by atoms with Crippen molar-refractivity contribution in [3.05, 3.63) is 56.2 Å². The van der Waals surface area contributed by atoms with Crippen molar-refractivity contribution < 1.29 is 8.78 Å². The van der Waals surface area contributed by atoms with E-state index in [9.17, 15) is 18.4 Å². The Morgan fingerprint density at radius 1 is 1.28 bits per heavy atom. The Balaban J connectivity index is 2.16. The minimum absolute atomic E-state index is 0.0613. The number of hydrogen-bond donors (Lipinski definition) is 3. The molecule has 0 aliphatic carbocycles. The van der Waals surface area contributed by atoms with Gasteiger partial charge in [0.15, 0.2) is 0 Å². The molecule has 1 aromatic heterocycles. The van der Waals surface area contributed by atoms with E-state index in [1.54, 1.807) is 0 Å². The van der Waals surface area contributed by atoms with Gasteiger partial charge >= 0.3 is 5.69 Å². The van der Waals surface area contributed by atoms with Crippen molar-refractivity contribution in [1.29, 1.82) is 0 Å². The first kappa shape index (κ1) is 12.0. The van der Waals surface area contributed by atoms with Gasteiger partial charge in [-0.3, -0.25) is 9.78 Å². The maximum absolute atomic E-state index is 13.3. The number of nitrogens with one attached hydrogen (secondary N) is 3. The molecular formula is C10H8F2N4O2. The molecule has 3 N–H and O–H groups in total. The van der Waals surface area contributed by atoms with Crippen molar-refractivity contribution in [3.63, 3.8) is 0 Å². The third kappa shape index (κ3) is 2.59. The monoisotopic (exact) mass is 254 g/mol. The Hall–Kier alpha value is -2.51. The summed E-state index contributed by atoms with van der Waals surface area (Å²) in [5.74, 6) is -1.57. The molecule has 0 saturated heterocycles. The summed E-state index contributed by atoms with van der Waals surface area (Å²) in [6, 6.07) is 3.09. The molecule has 2 aromatic rings. The quantitative estimate of drug-likeness (QED) is 0.737. The normalized spacial score (nSPS) is 10.3. The van der Waals surface area contributed by atoms with Gasteiger partial charge in [-0.2, -0.15) is 0 Å². The fourth-order valence-corrected chi connectivity index (χ4v) is 1.31. The molecule has 0 amide bonds. The van der Waals surface area contributed by atoms with E-state index in [-0.39, 0.29) is 17.9 Å². The maximum Gasteiger partial charge on any atom is 0.342 e. The minimum Gasteiger partial charge on any atom is -0.360 e. The standard InChI is InChI=1S/C10H8F2N4O2/c11-6-2-1-5(7(12)3-6)4-13-8-9(17)14-10(18)16-15-8/h1-3H,4H2,(H,13,15)(H2,14,16,17,18). The fraction of sp³-hybridized carbons (Fsp3) is 0.100. The van der Waals surface area contributed by atoms with E-state index in [2.05, 4.69) is 10.4 Å². The van der Waals surface area contributed by atoms with Crippen molar-refractivity contribution in [2.75, 3.05) is 5.32 Å². The summed E-state index contributed by atoms with van der Waals surface area (Å²) < 4.78 is 25.9. The van der Waals surface area contributed by atoms with Gasteiger partial charge in [0.05, 0.1) is 0 Å². The highest BCUT2D eigenvalue weighted by atomic mass is 19.1. The van der Waals surface area contributed by atoms with Crippen LogP contribution in [-0.4, -0.2) is 15.2 Å². The van der Waals surface area contributed by atoms with Crippen LogP contribution >= 0.6 is 0 Å². The van der Waals surface area contributed by atoms with Gasteiger partial charge in [-0.1, -0.05) is 6.07 Å². The van der Waals surface area contributed by atoms with Crippen LogP contribution in [0.15, 0.2) is 27.8 Å². The number of aromatic nitrogens is 3. The number of H-pyrrole nitrogens is 2. The Labute approximate surface area is 98.7 Å². The number of rotatable bonds is 3. The molecule has 2 rings (SSSR count). The van der Waals surface area contributed by atoms with Gasteiger partial charge in [-0.15, -0.1) is 5.10 Å². The summed E-state index contributed by atoms with van der Waals surface area (Å²) in [6.45, 7) is -0.0613. The van der Waals surface area contributed by atoms with Crippen molar-refractivity contribution in [2.24, 2.45) is 0 Å². The van der Waals surface area contributed by atoms with Crippen molar-refractivity contribution in [3.8, 4) is 0 Å². The molecule has 0 radical (unpaired) electrons. The highest BCUT2D eigenvalue weighted by Gasteiger charge is 2.06. The predicted molar refractivity (Wildman–Crippen MR) is 59.2 cm³/mol. The van der Waals surface area contributed by atoms with Crippen molar-refractivity contribution in [1.82, 2.24) is 15.2 Å². The van der Waals surface area contributed by atoms with Crippen LogP contribution in [0.2, 0.25) is 0 Å². The minimum atomic E-state index is -0.737. The van der Waals surface area contributed by atoms with Crippen LogP contribution in [0.5, 0.6) is 0 Å². The highest BCUT2D eigenvalue weighted by molar-refractivity contribution is 5.31. The molecule has 8 heteroatoms. The van der Waals surface area contributed by atoms with Crippen LogP contribution in [0.25, 0.3) is 0 Å². The molecule has 0 unspecified atom stereocenters. The van der Waals surface area contributed by atoms with E-state index in [4.69, 9.17) is 0 Å². The van der Waals surface area contributed by atoms with E-state index in [1.165, 1.54) is 6.07 Å². The van der Waals surface area contributed by atoms with Crippen LogP contribution in [0.1, 0.15) is 5.56 Å². The van der Waals surface area contributed by atoms with Crippen LogP contribution in [0, 0.1) is 11.6 Å². The summed E-state index contributed by atoms with van der Waals surface area (Å²) >= 11 is 0. The lowest BCUT2D eigenvalue weighted by atomic mass is 10.2. The lowest BCUT2D eigenvalue weighted by Gasteiger charge is -2.05. The van der Waals surface area contributed by atoms with E-state index in [0.29, 0.717) is 0 Å². The second kappa shape index (κ2) is 4.78. The molecular weight excluding hydrogens is 246 g/mol. The molecule has 1 heterocycles. The number of nitrogens with zero attached hydrogens (tertiary/aromatic N) is 1. The molecule has 1 aromatic carbocycles. The van der Waals surface area contributed by atoms with Gasteiger partial charge in [0.1, 0.15) is 11.6 Å². The van der Waals surface area contributed by atoms with E-state index in [1.807, 2.05) is 10.1 Å². The largest absolute Gasteiger partial charge is 0.360 e. The summed E-state index contributed by atoms with van der Waals surface area (Å²) in [7, 11) is 0. The van der Waals surface area contributed by atoms with Crippen LogP contribution in [0.4, 0.5) is 14.6 Å². The summed E-state index contributed by atoms with van der Waals surface area (Å²) in [5, 5.41) is 8.00. The van der Waals surface area contributed by atoms with E-state index < -0.39 is 22.9 Å². The van der Waals surface area contributed by atoms with E-state index >= 15 is 0 Å². The number of aromatic amines is 2. The highest BCUT2D eigenvalue weighted by Crippen LogP contribution is 2.10. The molecule has 0 spiro atoms. The average Bonchev–Trinajstić information content (AvgIpc) is 2.30. The SMILES string of the molecule is O=c1[nH]nc(NCc2ccc(F)cc2F)c(=O)[nH]1. The first-order chi connectivity index (χ1) is 8.56. The Kier molecular flexibility index (Phi) is 3.18. The lowest BCUT2D eigenvalue weighted by molar-refractivity contribution is 0.574.